The Labute approximate surface area is 99.6 Å². The Morgan fingerprint density at radius 1 is 1.44 bits per heavy atom. The first-order valence-corrected chi connectivity index (χ1v) is 4.81. The van der Waals surface area contributed by atoms with Crippen molar-refractivity contribution in [3.8, 4) is 0 Å². The number of nitrogens with zero attached hydrogens (tertiary/aromatic N) is 2. The van der Waals surface area contributed by atoms with Crippen molar-refractivity contribution in [1.29, 1.82) is 0 Å². The number of nitrogens with one attached hydrogen (secondary N) is 2. The maximum atomic E-state index is 12.6. The van der Waals surface area contributed by atoms with Crippen molar-refractivity contribution in [2.75, 3.05) is 18.9 Å². The number of alkyl halides is 4. The number of hydrogen-bond acceptors (Lipinski definition) is 4. The minimum Gasteiger partial charge on any atom is -0.372 e. The molecule has 0 saturated carbocycles. The molecule has 1 amide bonds. The largest absolute Gasteiger partial charge is 0.372 e. The zero-order valence-electron chi connectivity index (χ0n) is 9.25. The van der Waals surface area contributed by atoms with Gasteiger partial charge < -0.3 is 10.6 Å². The topological polar surface area (TPSA) is 66.9 Å². The van der Waals surface area contributed by atoms with Crippen LogP contribution in [0.1, 0.15) is 10.5 Å². The molecule has 0 bridgehead atoms. The molecule has 9 heteroatoms. The Bertz CT molecular complexity index is 427. The monoisotopic (exact) mass is 266 g/mol. The first-order valence-electron chi connectivity index (χ1n) is 4.81. The van der Waals surface area contributed by atoms with Crippen molar-refractivity contribution < 1.29 is 22.4 Å². The van der Waals surface area contributed by atoms with E-state index in [0.717, 1.165) is 6.20 Å². The van der Waals surface area contributed by atoms with E-state index in [2.05, 4.69) is 15.3 Å². The highest BCUT2D eigenvalue weighted by Gasteiger charge is 2.40. The number of carbonyl (C=O) groups excluding carboxylic acids is 1. The van der Waals surface area contributed by atoms with E-state index in [9.17, 15) is 22.4 Å². The molecule has 2 N–H and O–H groups in total. The Balaban J connectivity index is 2.66. The molecule has 0 aliphatic carbocycles. The number of aromatic nitrogens is 2. The lowest BCUT2D eigenvalue weighted by Crippen LogP contribution is -2.41. The summed E-state index contributed by atoms with van der Waals surface area (Å²) in [6, 6.07) is 0. The third kappa shape index (κ3) is 3.54. The van der Waals surface area contributed by atoms with Crippen LogP contribution < -0.4 is 10.6 Å². The zero-order chi connectivity index (χ0) is 13.8. The molecule has 1 rings (SSSR count). The van der Waals surface area contributed by atoms with Crippen LogP contribution in [0.15, 0.2) is 12.4 Å². The summed E-state index contributed by atoms with van der Waals surface area (Å²) < 4.78 is 48.8. The van der Waals surface area contributed by atoms with Crippen molar-refractivity contribution in [2.24, 2.45) is 0 Å². The van der Waals surface area contributed by atoms with Crippen molar-refractivity contribution in [1.82, 2.24) is 15.3 Å². The van der Waals surface area contributed by atoms with Gasteiger partial charge in [0.1, 0.15) is 11.5 Å². The second-order valence-corrected chi connectivity index (χ2v) is 3.28. The molecule has 1 aromatic heterocycles. The highest BCUT2D eigenvalue weighted by molar-refractivity contribution is 5.92. The van der Waals surface area contributed by atoms with Gasteiger partial charge in [-0.3, -0.25) is 9.78 Å². The van der Waals surface area contributed by atoms with Crippen LogP contribution in [-0.2, 0) is 0 Å². The summed E-state index contributed by atoms with van der Waals surface area (Å²) in [7, 11) is 1.52. The van der Waals surface area contributed by atoms with Crippen LogP contribution >= 0.6 is 0 Å². The first-order chi connectivity index (χ1) is 8.36. The third-order valence-corrected chi connectivity index (χ3v) is 1.93. The van der Waals surface area contributed by atoms with Gasteiger partial charge in [0, 0.05) is 7.05 Å². The summed E-state index contributed by atoms with van der Waals surface area (Å²) in [6.45, 7) is -1.46. The van der Waals surface area contributed by atoms with Crippen molar-refractivity contribution in [3.63, 3.8) is 0 Å². The first kappa shape index (κ1) is 14.1. The van der Waals surface area contributed by atoms with Crippen LogP contribution in [0.25, 0.3) is 0 Å². The van der Waals surface area contributed by atoms with Crippen LogP contribution in [0, 0.1) is 0 Å². The SMILES string of the molecule is CNc1cncc(C(=O)NCC(F)(F)C(F)F)n1. The van der Waals surface area contributed by atoms with E-state index >= 15 is 0 Å². The van der Waals surface area contributed by atoms with E-state index in [-0.39, 0.29) is 11.5 Å². The molecule has 0 aliphatic rings. The number of rotatable bonds is 5. The fourth-order valence-electron chi connectivity index (χ4n) is 0.962. The Kier molecular flexibility index (Phi) is 4.40. The van der Waals surface area contributed by atoms with E-state index in [1.165, 1.54) is 13.2 Å². The lowest BCUT2D eigenvalue weighted by molar-refractivity contribution is -0.123. The molecule has 0 atom stereocenters. The summed E-state index contributed by atoms with van der Waals surface area (Å²) in [5.41, 5.74) is -0.244. The van der Waals surface area contributed by atoms with Crippen molar-refractivity contribution in [2.45, 2.75) is 12.3 Å². The van der Waals surface area contributed by atoms with Gasteiger partial charge in [0.25, 0.3) is 5.91 Å². The van der Waals surface area contributed by atoms with E-state index in [1.54, 1.807) is 5.32 Å². The average Bonchev–Trinajstić information content (AvgIpc) is 2.36. The minimum atomic E-state index is -4.27. The number of anilines is 1. The lowest BCUT2D eigenvalue weighted by Gasteiger charge is -2.15. The highest BCUT2D eigenvalue weighted by atomic mass is 19.3. The predicted molar refractivity (Wildman–Crippen MR) is 54.9 cm³/mol. The number of hydrogen-bond donors (Lipinski definition) is 2. The third-order valence-electron chi connectivity index (χ3n) is 1.93. The zero-order valence-corrected chi connectivity index (χ0v) is 9.25. The fraction of sp³-hybridized carbons (Fsp3) is 0.444. The van der Waals surface area contributed by atoms with Gasteiger partial charge >= 0.3 is 12.3 Å². The molecule has 0 radical (unpaired) electrons. The molecule has 1 aromatic rings. The highest BCUT2D eigenvalue weighted by Crippen LogP contribution is 2.21. The van der Waals surface area contributed by atoms with Gasteiger partial charge in [-0.15, -0.1) is 0 Å². The molecule has 0 saturated heterocycles. The maximum absolute atomic E-state index is 12.6. The van der Waals surface area contributed by atoms with Gasteiger partial charge in [-0.2, -0.15) is 8.78 Å². The standard InChI is InChI=1S/C9H10F4N4O/c1-14-6-3-15-2-5(17-6)7(18)16-4-9(12,13)8(10)11/h2-3,8H,4H2,1H3,(H,14,17)(H,16,18). The Morgan fingerprint density at radius 2 is 2.11 bits per heavy atom. The molecule has 0 aromatic carbocycles. The molecular formula is C9H10F4N4O. The molecule has 1 heterocycles. The summed E-state index contributed by atoms with van der Waals surface area (Å²) in [5.74, 6) is -5.02. The van der Waals surface area contributed by atoms with Crippen LogP contribution in [0.2, 0.25) is 0 Å². The molecule has 5 nitrogen and oxygen atoms in total. The molecular weight excluding hydrogens is 256 g/mol. The van der Waals surface area contributed by atoms with Gasteiger partial charge in [0.05, 0.1) is 18.9 Å². The average molecular weight is 266 g/mol. The molecule has 0 spiro atoms. The maximum Gasteiger partial charge on any atom is 0.324 e. The van der Waals surface area contributed by atoms with Gasteiger partial charge in [-0.1, -0.05) is 0 Å². The van der Waals surface area contributed by atoms with Gasteiger partial charge in [-0.25, -0.2) is 13.8 Å². The molecule has 0 fully saturated rings. The summed E-state index contributed by atoms with van der Waals surface area (Å²) >= 11 is 0. The lowest BCUT2D eigenvalue weighted by atomic mass is 10.3. The van der Waals surface area contributed by atoms with Crippen molar-refractivity contribution >= 4 is 11.7 Å². The van der Waals surface area contributed by atoms with Crippen LogP contribution in [0.4, 0.5) is 23.4 Å². The van der Waals surface area contributed by atoms with Gasteiger partial charge in [-0.05, 0) is 0 Å². The van der Waals surface area contributed by atoms with Crippen molar-refractivity contribution in [3.05, 3.63) is 18.1 Å². The van der Waals surface area contributed by atoms with Crippen LogP contribution in [-0.4, -0.2) is 41.8 Å². The smallest absolute Gasteiger partial charge is 0.324 e. The quantitative estimate of drug-likeness (QED) is 0.784. The van der Waals surface area contributed by atoms with E-state index in [0.29, 0.717) is 0 Å². The van der Waals surface area contributed by atoms with Crippen LogP contribution in [0.5, 0.6) is 0 Å². The summed E-state index contributed by atoms with van der Waals surface area (Å²) in [5, 5.41) is 4.26. The Morgan fingerprint density at radius 3 is 2.67 bits per heavy atom. The van der Waals surface area contributed by atoms with E-state index in [1.807, 2.05) is 0 Å². The van der Waals surface area contributed by atoms with Gasteiger partial charge in [0.15, 0.2) is 0 Å². The number of carbonyl (C=O) groups is 1. The predicted octanol–water partition coefficient (Wildman–Crippen LogP) is 1.15. The summed E-state index contributed by atoms with van der Waals surface area (Å²) in [4.78, 5) is 18.7. The molecule has 100 valence electrons. The van der Waals surface area contributed by atoms with Crippen LogP contribution in [0.3, 0.4) is 0 Å². The van der Waals surface area contributed by atoms with E-state index in [4.69, 9.17) is 0 Å². The normalized spacial score (nSPS) is 11.4. The fourth-order valence-corrected chi connectivity index (χ4v) is 0.962. The minimum absolute atomic E-state index is 0.244. The molecule has 18 heavy (non-hydrogen) atoms. The second kappa shape index (κ2) is 5.61. The second-order valence-electron chi connectivity index (χ2n) is 3.28. The van der Waals surface area contributed by atoms with E-state index < -0.39 is 24.8 Å². The Hall–Kier alpha value is -1.93. The number of amides is 1. The molecule has 0 unspecified atom stereocenters. The summed E-state index contributed by atoms with van der Waals surface area (Å²) in [6.07, 6.45) is -1.49. The van der Waals surface area contributed by atoms with Gasteiger partial charge in [0.2, 0.25) is 0 Å². The molecule has 0 aliphatic heterocycles. The number of halogens is 4.